The monoisotopic (exact) mass is 648 g/mol. The van der Waals surface area contributed by atoms with Crippen molar-refractivity contribution < 1.29 is 17.9 Å². The van der Waals surface area contributed by atoms with E-state index < -0.39 is 10.0 Å². The summed E-state index contributed by atoms with van der Waals surface area (Å²) in [7, 11) is -2.21. The van der Waals surface area contributed by atoms with E-state index in [0.717, 1.165) is 36.2 Å². The summed E-state index contributed by atoms with van der Waals surface area (Å²) in [6, 6.07) is 17.3. The third-order valence-corrected chi connectivity index (χ3v) is 10.8. The molecule has 5 rings (SSSR count). The van der Waals surface area contributed by atoms with Gasteiger partial charge in [-0.05, 0) is 74.0 Å². The van der Waals surface area contributed by atoms with Crippen molar-refractivity contribution >= 4 is 72.3 Å². The van der Waals surface area contributed by atoms with Crippen LogP contribution in [0.1, 0.15) is 36.2 Å². The number of fused-ring (bicyclic) bond motifs is 2. The average molecular weight is 650 g/mol. The van der Waals surface area contributed by atoms with Gasteiger partial charge in [-0.15, -0.1) is 12.4 Å². The average Bonchev–Trinajstić information content (AvgIpc) is 3.45. The van der Waals surface area contributed by atoms with Crippen molar-refractivity contribution in [1.29, 1.82) is 0 Å². The molecule has 0 saturated carbocycles. The van der Waals surface area contributed by atoms with Crippen LogP contribution >= 0.6 is 35.3 Å². The van der Waals surface area contributed by atoms with Crippen LogP contribution < -0.4 is 13.9 Å². The van der Waals surface area contributed by atoms with Crippen molar-refractivity contribution in [2.24, 2.45) is 0 Å². The maximum absolute atomic E-state index is 13.9. The van der Waals surface area contributed by atoms with E-state index in [2.05, 4.69) is 18.7 Å². The minimum atomic E-state index is -3.79. The van der Waals surface area contributed by atoms with Crippen molar-refractivity contribution in [2.45, 2.75) is 31.6 Å². The molecule has 224 valence electrons. The number of benzene rings is 3. The molecule has 3 aromatic carbocycles. The fourth-order valence-electron chi connectivity index (χ4n) is 5.09. The Morgan fingerprint density at radius 3 is 2.45 bits per heavy atom. The summed E-state index contributed by atoms with van der Waals surface area (Å²) in [5, 5.41) is 1.04. The van der Waals surface area contributed by atoms with Crippen LogP contribution in [0.5, 0.6) is 5.75 Å². The zero-order valence-corrected chi connectivity index (χ0v) is 27.0. The third-order valence-electron chi connectivity index (χ3n) is 7.43. The molecule has 8 nitrogen and oxygen atoms in total. The molecule has 4 aromatic rings. The van der Waals surface area contributed by atoms with E-state index in [-0.39, 0.29) is 23.2 Å². The van der Waals surface area contributed by atoms with E-state index in [1.54, 1.807) is 36.3 Å². The van der Waals surface area contributed by atoms with Crippen molar-refractivity contribution in [3.63, 3.8) is 0 Å². The van der Waals surface area contributed by atoms with Gasteiger partial charge in [-0.25, -0.2) is 13.4 Å². The molecule has 1 aliphatic rings. The number of methoxy groups -OCH3 is 1. The lowest BCUT2D eigenvalue weighted by atomic mass is 10.0. The molecule has 0 spiro atoms. The summed E-state index contributed by atoms with van der Waals surface area (Å²) in [5.41, 5.74) is 2.71. The number of aryl methyl sites for hydroxylation is 1. The largest absolute Gasteiger partial charge is 0.494 e. The van der Waals surface area contributed by atoms with Gasteiger partial charge in [0.2, 0.25) is 0 Å². The zero-order chi connectivity index (χ0) is 29.1. The Balaban J connectivity index is 0.00000405. The second kappa shape index (κ2) is 13.6. The number of sulfonamides is 1. The van der Waals surface area contributed by atoms with Crippen LogP contribution in [0.2, 0.25) is 5.02 Å². The number of halogens is 2. The number of likely N-dealkylation sites (N-methyl/N-ethyl adjacent to an activating group) is 1. The number of anilines is 2. The molecule has 0 bridgehead atoms. The Morgan fingerprint density at radius 1 is 1.05 bits per heavy atom. The number of hydrogen-bond acceptors (Lipinski definition) is 7. The summed E-state index contributed by atoms with van der Waals surface area (Å²) >= 11 is 7.80. The smallest absolute Gasteiger partial charge is 0.264 e. The van der Waals surface area contributed by atoms with E-state index in [9.17, 15) is 13.2 Å². The van der Waals surface area contributed by atoms with Gasteiger partial charge in [-0.1, -0.05) is 55.0 Å². The quantitative estimate of drug-likeness (QED) is 0.195. The van der Waals surface area contributed by atoms with Crippen LogP contribution in [0, 0.1) is 0 Å². The van der Waals surface area contributed by atoms with Gasteiger partial charge in [0, 0.05) is 25.2 Å². The molecule has 0 N–H and O–H groups in total. The Labute approximate surface area is 262 Å². The first-order valence-corrected chi connectivity index (χ1v) is 16.3. The molecule has 0 radical (unpaired) electrons. The van der Waals surface area contributed by atoms with Gasteiger partial charge in [-0.2, -0.15) is 0 Å². The number of thiazole rings is 1. The van der Waals surface area contributed by atoms with Gasteiger partial charge in [0.15, 0.2) is 5.13 Å². The van der Waals surface area contributed by atoms with Gasteiger partial charge >= 0.3 is 0 Å². The number of amides is 1. The van der Waals surface area contributed by atoms with Gasteiger partial charge < -0.3 is 9.64 Å². The fraction of sp³-hybridized carbons (Fsp3) is 0.333. The van der Waals surface area contributed by atoms with E-state index >= 15 is 0 Å². The first-order valence-electron chi connectivity index (χ1n) is 13.7. The van der Waals surface area contributed by atoms with Gasteiger partial charge in [0.05, 0.1) is 27.4 Å². The number of ether oxygens (including phenoxy) is 1. The SMILES string of the molecule is CCN(CC)CCN(C(=O)c1ccc(S(=O)(=O)N2CCCc3ccccc32)cc1)c1nc2c(OC)ccc(Cl)c2s1.Cl. The van der Waals surface area contributed by atoms with E-state index in [0.29, 0.717) is 52.3 Å². The zero-order valence-electron chi connectivity index (χ0n) is 23.7. The molecule has 1 amide bonds. The molecular formula is C30H34Cl2N4O4S2. The fourth-order valence-corrected chi connectivity index (χ4v) is 7.91. The number of rotatable bonds is 10. The topological polar surface area (TPSA) is 83.1 Å². The second-order valence-corrected chi connectivity index (χ2v) is 13.0. The molecule has 12 heteroatoms. The highest BCUT2D eigenvalue weighted by molar-refractivity contribution is 7.92. The number of nitrogens with zero attached hydrogens (tertiary/aromatic N) is 4. The summed E-state index contributed by atoms with van der Waals surface area (Å²) in [5.74, 6) is 0.315. The summed E-state index contributed by atoms with van der Waals surface area (Å²) in [4.78, 5) is 22.7. The van der Waals surface area contributed by atoms with Gasteiger partial charge in [0.1, 0.15) is 11.3 Å². The van der Waals surface area contributed by atoms with Crippen LogP contribution in [-0.4, -0.2) is 64.0 Å². The van der Waals surface area contributed by atoms with Crippen LogP contribution in [0.25, 0.3) is 10.2 Å². The molecule has 1 aromatic heterocycles. The maximum atomic E-state index is 13.9. The highest BCUT2D eigenvalue weighted by atomic mass is 35.5. The predicted molar refractivity (Wildman–Crippen MR) is 174 cm³/mol. The van der Waals surface area contributed by atoms with Crippen LogP contribution in [0.3, 0.4) is 0 Å². The molecule has 0 saturated heterocycles. The Bertz CT molecular complexity index is 1660. The number of aromatic nitrogens is 1. The standard InChI is InChI=1S/C30H33ClN4O4S2.ClH/c1-4-33(5-2)19-20-34(30-32-27-26(39-3)17-16-24(31)28(27)40-30)29(36)22-12-14-23(15-13-22)41(37,38)35-18-8-10-21-9-6-7-11-25(21)35;/h6-7,9,11-17H,4-5,8,10,18-20H2,1-3H3;1H. The normalized spacial score (nSPS) is 13.1. The molecule has 1 aliphatic heterocycles. The minimum absolute atomic E-state index is 0. The van der Waals surface area contributed by atoms with E-state index in [4.69, 9.17) is 21.3 Å². The lowest BCUT2D eigenvalue weighted by Gasteiger charge is -2.30. The molecule has 2 heterocycles. The van der Waals surface area contributed by atoms with Crippen LogP contribution in [0.4, 0.5) is 10.8 Å². The van der Waals surface area contributed by atoms with Gasteiger partial charge in [-0.3, -0.25) is 14.0 Å². The van der Waals surface area contributed by atoms with Crippen molar-refractivity contribution in [3.8, 4) is 5.75 Å². The molecule has 42 heavy (non-hydrogen) atoms. The lowest BCUT2D eigenvalue weighted by Crippen LogP contribution is -2.39. The highest BCUT2D eigenvalue weighted by Gasteiger charge is 2.30. The predicted octanol–water partition coefficient (Wildman–Crippen LogP) is 6.51. The number of carbonyl (C=O) groups is 1. The second-order valence-electron chi connectivity index (χ2n) is 9.74. The first kappa shape index (κ1) is 32.0. The number of para-hydroxylation sites is 1. The van der Waals surface area contributed by atoms with Gasteiger partial charge in [0.25, 0.3) is 15.9 Å². The number of carbonyl (C=O) groups excluding carboxylic acids is 1. The molecule has 0 atom stereocenters. The number of hydrogen-bond donors (Lipinski definition) is 0. The van der Waals surface area contributed by atoms with E-state index in [1.807, 2.05) is 24.3 Å². The molecular weight excluding hydrogens is 615 g/mol. The molecule has 0 aliphatic carbocycles. The highest BCUT2D eigenvalue weighted by Crippen LogP contribution is 2.39. The summed E-state index contributed by atoms with van der Waals surface area (Å²) < 4.78 is 34.9. The van der Waals surface area contributed by atoms with Crippen LogP contribution in [-0.2, 0) is 16.4 Å². The Morgan fingerprint density at radius 2 is 1.76 bits per heavy atom. The summed E-state index contributed by atoms with van der Waals surface area (Å²) in [6.07, 6.45) is 1.60. The first-order chi connectivity index (χ1) is 19.8. The molecule has 0 fully saturated rings. The van der Waals surface area contributed by atoms with Crippen molar-refractivity contribution in [3.05, 3.63) is 76.8 Å². The third kappa shape index (κ3) is 6.23. The van der Waals surface area contributed by atoms with Crippen molar-refractivity contribution in [1.82, 2.24) is 9.88 Å². The Kier molecular flexibility index (Phi) is 10.4. The summed E-state index contributed by atoms with van der Waals surface area (Å²) in [6.45, 7) is 7.35. The van der Waals surface area contributed by atoms with Crippen molar-refractivity contribution in [2.75, 3.05) is 49.0 Å². The van der Waals surface area contributed by atoms with E-state index in [1.165, 1.54) is 27.8 Å². The lowest BCUT2D eigenvalue weighted by molar-refractivity contribution is 0.0983. The molecule has 0 unspecified atom stereocenters. The van der Waals surface area contributed by atoms with Crippen LogP contribution in [0.15, 0.2) is 65.6 Å². The Hall–Kier alpha value is -2.89. The minimum Gasteiger partial charge on any atom is -0.494 e. The maximum Gasteiger partial charge on any atom is 0.264 e.